The van der Waals surface area contributed by atoms with Gasteiger partial charge in [-0.15, -0.1) is 0 Å². The molecular formula is C16H33NO2. The first-order chi connectivity index (χ1) is 9.26. The highest BCUT2D eigenvalue weighted by Gasteiger charge is 2.14. The van der Waals surface area contributed by atoms with E-state index in [0.29, 0.717) is 0 Å². The summed E-state index contributed by atoms with van der Waals surface area (Å²) in [5, 5.41) is 8.60. The standard InChI is InChI=1S/C16H33NO2/c1-3-5-6-7-8-9-10-11-12-13-14-15(4-2)16(18)17-19/h15,19H,3-14H2,1-2H3,(H,17,18). The lowest BCUT2D eigenvalue weighted by molar-refractivity contribution is -0.133. The molecule has 0 bridgehead atoms. The lowest BCUT2D eigenvalue weighted by atomic mass is 9.97. The Kier molecular flexibility index (Phi) is 13.4. The second kappa shape index (κ2) is 13.9. The van der Waals surface area contributed by atoms with E-state index >= 15 is 0 Å². The molecule has 0 fully saturated rings. The number of hydrogen-bond donors (Lipinski definition) is 2. The first-order valence-electron chi connectivity index (χ1n) is 8.20. The van der Waals surface area contributed by atoms with Crippen LogP contribution in [0.15, 0.2) is 0 Å². The molecule has 3 heteroatoms. The molecule has 3 nitrogen and oxygen atoms in total. The van der Waals surface area contributed by atoms with Gasteiger partial charge in [-0.1, -0.05) is 78.1 Å². The lowest BCUT2D eigenvalue weighted by Crippen LogP contribution is -2.27. The summed E-state index contributed by atoms with van der Waals surface area (Å²) in [6.07, 6.45) is 14.9. The van der Waals surface area contributed by atoms with Gasteiger partial charge in [0.25, 0.3) is 0 Å². The molecule has 0 aliphatic carbocycles. The minimum atomic E-state index is -0.224. The first kappa shape index (κ1) is 18.4. The number of carbonyl (C=O) groups is 1. The van der Waals surface area contributed by atoms with E-state index in [1.165, 1.54) is 57.8 Å². The van der Waals surface area contributed by atoms with Crippen molar-refractivity contribution in [1.29, 1.82) is 0 Å². The second-order valence-corrected chi connectivity index (χ2v) is 5.55. The molecule has 0 heterocycles. The van der Waals surface area contributed by atoms with Crippen LogP contribution in [0.25, 0.3) is 0 Å². The molecule has 0 radical (unpaired) electrons. The van der Waals surface area contributed by atoms with E-state index in [9.17, 15) is 4.79 Å². The molecule has 0 aromatic heterocycles. The highest BCUT2D eigenvalue weighted by Crippen LogP contribution is 2.16. The van der Waals surface area contributed by atoms with E-state index in [1.54, 1.807) is 5.48 Å². The van der Waals surface area contributed by atoms with Gasteiger partial charge in [-0.05, 0) is 12.8 Å². The molecule has 1 amide bonds. The largest absolute Gasteiger partial charge is 0.289 e. The van der Waals surface area contributed by atoms with Gasteiger partial charge in [-0.2, -0.15) is 0 Å². The summed E-state index contributed by atoms with van der Waals surface area (Å²) in [5.74, 6) is -0.238. The fourth-order valence-electron chi connectivity index (χ4n) is 2.49. The number of hydrogen-bond acceptors (Lipinski definition) is 2. The SMILES string of the molecule is CCCCCCCCCCCCC(CC)C(=O)NO. The first-order valence-corrected chi connectivity index (χ1v) is 8.20. The number of unbranched alkanes of at least 4 members (excludes halogenated alkanes) is 9. The van der Waals surface area contributed by atoms with Crippen molar-refractivity contribution in [2.45, 2.75) is 90.9 Å². The molecule has 0 saturated carbocycles. The van der Waals surface area contributed by atoms with Gasteiger partial charge >= 0.3 is 0 Å². The van der Waals surface area contributed by atoms with Crippen molar-refractivity contribution in [1.82, 2.24) is 5.48 Å². The maximum Gasteiger partial charge on any atom is 0.246 e. The van der Waals surface area contributed by atoms with E-state index in [1.807, 2.05) is 6.92 Å². The van der Waals surface area contributed by atoms with Crippen LogP contribution in [0.3, 0.4) is 0 Å². The maximum atomic E-state index is 11.3. The summed E-state index contributed by atoms with van der Waals surface area (Å²) in [6, 6.07) is 0. The number of amides is 1. The summed E-state index contributed by atoms with van der Waals surface area (Å²) in [4.78, 5) is 11.3. The van der Waals surface area contributed by atoms with Crippen molar-refractivity contribution in [2.75, 3.05) is 0 Å². The van der Waals surface area contributed by atoms with Crippen LogP contribution in [0, 0.1) is 5.92 Å². The zero-order valence-corrected chi connectivity index (χ0v) is 12.9. The molecule has 0 spiro atoms. The minimum absolute atomic E-state index is 0.0148. The van der Waals surface area contributed by atoms with Gasteiger partial charge in [0, 0.05) is 5.92 Å². The third kappa shape index (κ3) is 11.0. The number of nitrogens with one attached hydrogen (secondary N) is 1. The van der Waals surface area contributed by atoms with Crippen molar-refractivity contribution in [3.8, 4) is 0 Å². The predicted molar refractivity (Wildman–Crippen MR) is 80.2 cm³/mol. The molecule has 114 valence electrons. The van der Waals surface area contributed by atoms with E-state index in [2.05, 4.69) is 6.92 Å². The molecule has 0 aliphatic heterocycles. The molecule has 1 atom stereocenters. The minimum Gasteiger partial charge on any atom is -0.289 e. The van der Waals surface area contributed by atoms with E-state index < -0.39 is 0 Å². The summed E-state index contributed by atoms with van der Waals surface area (Å²) >= 11 is 0. The van der Waals surface area contributed by atoms with Crippen molar-refractivity contribution in [3.05, 3.63) is 0 Å². The highest BCUT2D eigenvalue weighted by atomic mass is 16.5. The maximum absolute atomic E-state index is 11.3. The molecule has 0 aromatic carbocycles. The van der Waals surface area contributed by atoms with E-state index in [4.69, 9.17) is 5.21 Å². The Hall–Kier alpha value is -0.570. The van der Waals surface area contributed by atoms with Crippen LogP contribution in [0.4, 0.5) is 0 Å². The molecule has 1 unspecified atom stereocenters. The quantitative estimate of drug-likeness (QED) is 0.286. The molecule has 0 rings (SSSR count). The molecule has 0 aromatic rings. The van der Waals surface area contributed by atoms with Gasteiger partial charge in [-0.25, -0.2) is 5.48 Å². The third-order valence-electron chi connectivity index (χ3n) is 3.88. The van der Waals surface area contributed by atoms with Crippen molar-refractivity contribution in [3.63, 3.8) is 0 Å². The highest BCUT2D eigenvalue weighted by molar-refractivity contribution is 5.77. The summed E-state index contributed by atoms with van der Waals surface area (Å²) in [7, 11) is 0. The smallest absolute Gasteiger partial charge is 0.246 e. The molecular weight excluding hydrogens is 238 g/mol. The topological polar surface area (TPSA) is 49.3 Å². The second-order valence-electron chi connectivity index (χ2n) is 5.55. The summed E-state index contributed by atoms with van der Waals surface area (Å²) in [5.41, 5.74) is 1.76. The number of carbonyl (C=O) groups excluding carboxylic acids is 1. The molecule has 0 aliphatic rings. The van der Waals surface area contributed by atoms with Gasteiger partial charge in [-0.3, -0.25) is 10.0 Å². The van der Waals surface area contributed by atoms with E-state index in [0.717, 1.165) is 19.3 Å². The van der Waals surface area contributed by atoms with Gasteiger partial charge in [0.05, 0.1) is 0 Å². The van der Waals surface area contributed by atoms with Crippen LogP contribution in [0.1, 0.15) is 90.9 Å². The summed E-state index contributed by atoms with van der Waals surface area (Å²) in [6.45, 7) is 4.25. The monoisotopic (exact) mass is 271 g/mol. The van der Waals surface area contributed by atoms with E-state index in [-0.39, 0.29) is 11.8 Å². The molecule has 2 N–H and O–H groups in total. The van der Waals surface area contributed by atoms with Gasteiger partial charge in [0.1, 0.15) is 0 Å². The Balaban J connectivity index is 3.28. The Morgan fingerprint density at radius 3 is 1.79 bits per heavy atom. The zero-order chi connectivity index (χ0) is 14.3. The molecule has 19 heavy (non-hydrogen) atoms. The predicted octanol–water partition coefficient (Wildman–Crippen LogP) is 4.83. The van der Waals surface area contributed by atoms with Crippen LogP contribution >= 0.6 is 0 Å². The molecule has 0 saturated heterocycles. The fourth-order valence-corrected chi connectivity index (χ4v) is 2.49. The van der Waals surface area contributed by atoms with Crippen LogP contribution in [0.5, 0.6) is 0 Å². The van der Waals surface area contributed by atoms with Crippen molar-refractivity contribution in [2.24, 2.45) is 5.92 Å². The van der Waals surface area contributed by atoms with Gasteiger partial charge in [0.2, 0.25) is 5.91 Å². The van der Waals surface area contributed by atoms with Crippen LogP contribution < -0.4 is 5.48 Å². The van der Waals surface area contributed by atoms with Crippen LogP contribution in [-0.4, -0.2) is 11.1 Å². The Morgan fingerprint density at radius 2 is 1.37 bits per heavy atom. The van der Waals surface area contributed by atoms with Gasteiger partial charge in [0.15, 0.2) is 0 Å². The Morgan fingerprint density at radius 1 is 0.895 bits per heavy atom. The zero-order valence-electron chi connectivity index (χ0n) is 12.9. The number of rotatable bonds is 13. The number of hydroxylamine groups is 1. The Bertz CT molecular complexity index is 207. The fraction of sp³-hybridized carbons (Fsp3) is 0.938. The van der Waals surface area contributed by atoms with Gasteiger partial charge < -0.3 is 0 Å². The van der Waals surface area contributed by atoms with Crippen LogP contribution in [-0.2, 0) is 4.79 Å². The third-order valence-corrected chi connectivity index (χ3v) is 3.88. The van der Waals surface area contributed by atoms with Crippen molar-refractivity contribution >= 4 is 5.91 Å². The Labute approximate surface area is 119 Å². The average molecular weight is 271 g/mol. The summed E-state index contributed by atoms with van der Waals surface area (Å²) < 4.78 is 0. The normalized spacial score (nSPS) is 12.4. The lowest BCUT2D eigenvalue weighted by Gasteiger charge is -2.11. The average Bonchev–Trinajstić information content (AvgIpc) is 2.44. The van der Waals surface area contributed by atoms with Crippen molar-refractivity contribution < 1.29 is 10.0 Å². The van der Waals surface area contributed by atoms with Crippen LogP contribution in [0.2, 0.25) is 0 Å².